The summed E-state index contributed by atoms with van der Waals surface area (Å²) in [6, 6.07) is 8.35. The second-order valence-electron chi connectivity index (χ2n) is 6.07. The summed E-state index contributed by atoms with van der Waals surface area (Å²) in [6.07, 6.45) is 0.825. The van der Waals surface area contributed by atoms with E-state index in [9.17, 15) is 22.4 Å². The van der Waals surface area contributed by atoms with Gasteiger partial charge in [0.05, 0.1) is 28.6 Å². The molecule has 0 atom stereocenters. The van der Waals surface area contributed by atoms with Gasteiger partial charge in [-0.3, -0.25) is 14.3 Å². The minimum Gasteiger partial charge on any atom is -0.483 e. The summed E-state index contributed by atoms with van der Waals surface area (Å²) in [7, 11) is -3.80. The van der Waals surface area contributed by atoms with E-state index in [4.69, 9.17) is 27.3 Å². The van der Waals surface area contributed by atoms with Gasteiger partial charge < -0.3 is 15.8 Å². The molecule has 2 aromatic rings. The fraction of sp³-hybridized carbons (Fsp3) is 0.167. The molecule has 4 N–H and O–H groups in total. The van der Waals surface area contributed by atoms with E-state index in [1.165, 1.54) is 18.2 Å². The predicted octanol–water partition coefficient (Wildman–Crippen LogP) is 1.52. The molecule has 158 valence electrons. The molecule has 0 aromatic heterocycles. The number of rotatable bonds is 8. The Balaban J connectivity index is 2.23. The summed E-state index contributed by atoms with van der Waals surface area (Å²) in [6.45, 7) is -0.508. The predicted molar refractivity (Wildman–Crippen MR) is 107 cm³/mol. The zero-order valence-electron chi connectivity index (χ0n) is 15.5. The van der Waals surface area contributed by atoms with Crippen LogP contribution in [-0.4, -0.2) is 33.1 Å². The average molecular weight is 455 g/mol. The van der Waals surface area contributed by atoms with Gasteiger partial charge in [-0.1, -0.05) is 17.7 Å². The van der Waals surface area contributed by atoms with Crippen molar-refractivity contribution in [3.63, 3.8) is 0 Å². The molecular weight excluding hydrogens is 439 g/mol. The molecule has 0 spiro atoms. The van der Waals surface area contributed by atoms with Gasteiger partial charge in [-0.05, 0) is 24.3 Å². The van der Waals surface area contributed by atoms with Gasteiger partial charge in [0.1, 0.15) is 5.75 Å². The van der Waals surface area contributed by atoms with E-state index >= 15 is 0 Å². The smallest absolute Gasteiger partial charge is 0.255 e. The Hall–Kier alpha value is -3.36. The normalized spacial score (nSPS) is 10.7. The SMILES string of the molecule is CS(=O)(=O)Nc1cc(C(=O)NCc2ccc(C#N)cc2OCC(N)=O)cc(Cl)c1F. The van der Waals surface area contributed by atoms with Crippen LogP contribution in [-0.2, 0) is 21.4 Å². The highest BCUT2D eigenvalue weighted by atomic mass is 35.5. The van der Waals surface area contributed by atoms with Gasteiger partial charge in [0.2, 0.25) is 10.0 Å². The van der Waals surface area contributed by atoms with E-state index in [0.29, 0.717) is 5.56 Å². The summed E-state index contributed by atoms with van der Waals surface area (Å²) in [5, 5.41) is 11.1. The Morgan fingerprint density at radius 3 is 2.60 bits per heavy atom. The second-order valence-corrected chi connectivity index (χ2v) is 8.22. The molecular formula is C18H16ClFN4O5S. The number of sulfonamides is 1. The summed E-state index contributed by atoms with van der Waals surface area (Å²) in [5.74, 6) is -2.25. The van der Waals surface area contributed by atoms with Crippen LogP contribution < -0.4 is 20.5 Å². The number of nitrogens with zero attached hydrogens (tertiary/aromatic N) is 1. The fourth-order valence-corrected chi connectivity index (χ4v) is 3.09. The molecule has 0 bridgehead atoms. The fourth-order valence-electron chi connectivity index (χ4n) is 2.33. The first-order valence-electron chi connectivity index (χ1n) is 8.19. The Morgan fingerprint density at radius 2 is 2.00 bits per heavy atom. The third kappa shape index (κ3) is 6.33. The molecule has 0 unspecified atom stereocenters. The lowest BCUT2D eigenvalue weighted by molar-refractivity contribution is -0.119. The maximum atomic E-state index is 14.0. The first-order chi connectivity index (χ1) is 14.0. The van der Waals surface area contributed by atoms with E-state index in [2.05, 4.69) is 5.32 Å². The van der Waals surface area contributed by atoms with Crippen molar-refractivity contribution in [1.82, 2.24) is 5.32 Å². The van der Waals surface area contributed by atoms with Crippen molar-refractivity contribution in [2.24, 2.45) is 5.73 Å². The number of nitrogens with two attached hydrogens (primary N) is 1. The van der Waals surface area contributed by atoms with Gasteiger partial charge in [-0.15, -0.1) is 0 Å². The van der Waals surface area contributed by atoms with Crippen LogP contribution in [0.1, 0.15) is 21.5 Å². The van der Waals surface area contributed by atoms with Crippen LogP contribution in [0.3, 0.4) is 0 Å². The maximum Gasteiger partial charge on any atom is 0.255 e. The standard InChI is InChI=1S/C18H16ClFN4O5S/c1-30(27,28)24-14-6-12(5-13(19)17(14)20)18(26)23-8-11-3-2-10(7-21)4-15(11)29-9-16(22)25/h2-6,24H,8-9H2,1H3,(H2,22,25)(H,23,26). The monoisotopic (exact) mass is 454 g/mol. The molecule has 0 aliphatic rings. The largest absolute Gasteiger partial charge is 0.483 e. The number of anilines is 1. The Morgan fingerprint density at radius 1 is 1.30 bits per heavy atom. The van der Waals surface area contributed by atoms with Gasteiger partial charge >= 0.3 is 0 Å². The highest BCUT2D eigenvalue weighted by Gasteiger charge is 2.17. The van der Waals surface area contributed by atoms with Gasteiger partial charge in [0, 0.05) is 17.7 Å². The van der Waals surface area contributed by atoms with Crippen LogP contribution >= 0.6 is 11.6 Å². The van der Waals surface area contributed by atoms with Crippen molar-refractivity contribution >= 4 is 39.1 Å². The number of halogens is 2. The zero-order chi connectivity index (χ0) is 22.5. The molecule has 0 fully saturated rings. The van der Waals surface area contributed by atoms with E-state index in [1.807, 2.05) is 10.8 Å². The Labute approximate surface area is 176 Å². The van der Waals surface area contributed by atoms with Crippen LogP contribution in [0.15, 0.2) is 30.3 Å². The number of carbonyl (C=O) groups is 2. The summed E-state index contributed by atoms with van der Waals surface area (Å²) in [5.41, 5.74) is 5.19. The molecule has 9 nitrogen and oxygen atoms in total. The van der Waals surface area contributed by atoms with Gasteiger partial charge in [0.15, 0.2) is 12.4 Å². The van der Waals surface area contributed by atoms with E-state index in [1.54, 1.807) is 0 Å². The van der Waals surface area contributed by atoms with Crippen molar-refractivity contribution in [2.45, 2.75) is 6.54 Å². The van der Waals surface area contributed by atoms with Crippen molar-refractivity contribution in [1.29, 1.82) is 5.26 Å². The van der Waals surface area contributed by atoms with E-state index in [-0.39, 0.29) is 23.4 Å². The Kier molecular flexibility index (Phi) is 7.20. The molecule has 0 saturated heterocycles. The molecule has 2 amide bonds. The molecule has 0 saturated carbocycles. The van der Waals surface area contributed by atoms with Crippen LogP contribution in [0, 0.1) is 17.1 Å². The number of hydrogen-bond donors (Lipinski definition) is 3. The number of nitrogens with one attached hydrogen (secondary N) is 2. The summed E-state index contributed by atoms with van der Waals surface area (Å²) < 4.78 is 44.0. The first kappa shape index (κ1) is 22.9. The van der Waals surface area contributed by atoms with Crippen LogP contribution in [0.25, 0.3) is 0 Å². The molecule has 30 heavy (non-hydrogen) atoms. The maximum absolute atomic E-state index is 14.0. The van der Waals surface area contributed by atoms with Crippen LogP contribution in [0.4, 0.5) is 10.1 Å². The molecule has 0 heterocycles. The lowest BCUT2D eigenvalue weighted by Gasteiger charge is -2.13. The topological polar surface area (TPSA) is 151 Å². The number of amides is 2. The quantitative estimate of drug-likeness (QED) is 0.550. The summed E-state index contributed by atoms with van der Waals surface area (Å²) in [4.78, 5) is 23.4. The third-order valence-electron chi connectivity index (χ3n) is 3.59. The molecule has 12 heteroatoms. The molecule has 2 aromatic carbocycles. The second kappa shape index (κ2) is 9.43. The first-order valence-corrected chi connectivity index (χ1v) is 10.5. The van der Waals surface area contributed by atoms with Crippen LogP contribution in [0.5, 0.6) is 5.75 Å². The molecule has 0 aliphatic carbocycles. The lowest BCUT2D eigenvalue weighted by Crippen LogP contribution is -2.24. The van der Waals surface area contributed by atoms with E-state index in [0.717, 1.165) is 18.4 Å². The van der Waals surface area contributed by atoms with E-state index < -0.39 is 45.0 Å². The number of primary amides is 1. The van der Waals surface area contributed by atoms with Crippen molar-refractivity contribution in [3.8, 4) is 11.8 Å². The van der Waals surface area contributed by atoms with Crippen molar-refractivity contribution in [2.75, 3.05) is 17.6 Å². The third-order valence-corrected chi connectivity index (χ3v) is 4.46. The number of nitriles is 1. The average Bonchev–Trinajstić information content (AvgIpc) is 2.66. The molecule has 0 aliphatic heterocycles. The number of hydrogen-bond acceptors (Lipinski definition) is 6. The van der Waals surface area contributed by atoms with Gasteiger partial charge in [-0.2, -0.15) is 5.26 Å². The molecule has 0 radical (unpaired) electrons. The Bertz CT molecular complexity index is 1150. The minimum atomic E-state index is -3.80. The van der Waals surface area contributed by atoms with Crippen molar-refractivity contribution < 1.29 is 27.1 Å². The zero-order valence-corrected chi connectivity index (χ0v) is 17.1. The molecule has 2 rings (SSSR count). The number of benzene rings is 2. The highest BCUT2D eigenvalue weighted by molar-refractivity contribution is 7.92. The highest BCUT2D eigenvalue weighted by Crippen LogP contribution is 2.26. The number of carbonyl (C=O) groups excluding carboxylic acids is 2. The summed E-state index contributed by atoms with van der Waals surface area (Å²) >= 11 is 5.75. The lowest BCUT2D eigenvalue weighted by atomic mass is 10.1. The van der Waals surface area contributed by atoms with Gasteiger partial charge in [0.25, 0.3) is 11.8 Å². The number of ether oxygens (including phenoxy) is 1. The van der Waals surface area contributed by atoms with Gasteiger partial charge in [-0.25, -0.2) is 12.8 Å². The minimum absolute atomic E-state index is 0.0809. The van der Waals surface area contributed by atoms with Crippen LogP contribution in [0.2, 0.25) is 5.02 Å². The van der Waals surface area contributed by atoms with Crippen molar-refractivity contribution in [3.05, 3.63) is 57.9 Å².